The first-order valence-electron chi connectivity index (χ1n) is 17.4. The Kier molecular flexibility index (Phi) is 19.5. The summed E-state index contributed by atoms with van der Waals surface area (Å²) in [6.45, 7) is 20.8. The normalized spacial score (nSPS) is 19.1. The Hall–Kier alpha value is -3.02. The molecular formula is C33H53N5O13P2. The number of nitriles is 1. The Morgan fingerprint density at radius 1 is 1.04 bits per heavy atom. The van der Waals surface area contributed by atoms with E-state index in [4.69, 9.17) is 53.2 Å². The molecule has 0 bridgehead atoms. The van der Waals surface area contributed by atoms with Gasteiger partial charge in [0.05, 0.1) is 38.9 Å². The third kappa shape index (κ3) is 16.9. The second-order valence-corrected chi connectivity index (χ2v) is 16.4. The van der Waals surface area contributed by atoms with Gasteiger partial charge >= 0.3 is 34.3 Å². The van der Waals surface area contributed by atoms with Gasteiger partial charge in [0.2, 0.25) is 6.54 Å². The minimum absolute atomic E-state index is 0.0562. The SMILES string of the molecule is [C-]#[N+]CCOP(OCCCC)OC[C@H]1O[C@@H](n2ccc(N(C(=O)OC(C)(C)C)C(=O)OC(C)(C)C)nc2=O)C[C@@H]1OP(=O)(OCCC#N)OCCCC. The van der Waals surface area contributed by atoms with Crippen molar-refractivity contribution in [2.75, 3.05) is 44.5 Å². The van der Waals surface area contributed by atoms with E-state index in [0.29, 0.717) is 17.9 Å². The molecule has 0 spiro atoms. The minimum Gasteiger partial charge on any atom is -0.443 e. The molecule has 2 rings (SSSR count). The van der Waals surface area contributed by atoms with Crippen molar-refractivity contribution >= 4 is 34.4 Å². The van der Waals surface area contributed by atoms with Crippen LogP contribution in [0.3, 0.4) is 0 Å². The molecule has 20 heteroatoms. The highest BCUT2D eigenvalue weighted by molar-refractivity contribution is 7.48. The van der Waals surface area contributed by atoms with Crippen LogP contribution in [-0.2, 0) is 45.9 Å². The fourth-order valence-electron chi connectivity index (χ4n) is 4.23. The lowest BCUT2D eigenvalue weighted by Gasteiger charge is -2.28. The smallest absolute Gasteiger partial charge is 0.443 e. The summed E-state index contributed by atoms with van der Waals surface area (Å²) in [5, 5.41) is 9.01. The van der Waals surface area contributed by atoms with Gasteiger partial charge in [0, 0.05) is 12.6 Å². The zero-order valence-electron chi connectivity index (χ0n) is 31.8. The van der Waals surface area contributed by atoms with Crippen LogP contribution in [0.2, 0.25) is 0 Å². The first-order valence-corrected chi connectivity index (χ1v) is 20.0. The van der Waals surface area contributed by atoms with Gasteiger partial charge in [0.1, 0.15) is 36.2 Å². The van der Waals surface area contributed by atoms with Crippen molar-refractivity contribution in [3.8, 4) is 6.07 Å². The number of amides is 2. The number of hydrogen-bond donors (Lipinski definition) is 0. The number of hydrogen-bond acceptors (Lipinski definition) is 15. The zero-order chi connectivity index (χ0) is 39.7. The number of unbranched alkanes of at least 4 members (excludes halogenated alkanes) is 2. The number of carbonyl (C=O) groups excluding carboxylic acids is 2. The molecule has 2 unspecified atom stereocenters. The third-order valence-corrected chi connectivity index (χ3v) is 9.27. The molecule has 1 fully saturated rings. The molecule has 18 nitrogen and oxygen atoms in total. The first kappa shape index (κ1) is 46.1. The number of phosphoric acid groups is 1. The van der Waals surface area contributed by atoms with Crippen molar-refractivity contribution in [2.45, 2.75) is 124 Å². The Morgan fingerprint density at radius 2 is 1.64 bits per heavy atom. The molecule has 0 aliphatic carbocycles. The highest BCUT2D eigenvalue weighted by atomic mass is 31.2. The third-order valence-electron chi connectivity index (χ3n) is 6.60. The van der Waals surface area contributed by atoms with E-state index in [0.717, 1.165) is 23.8 Å². The largest absolute Gasteiger partial charge is 0.475 e. The van der Waals surface area contributed by atoms with Crippen LogP contribution in [0.15, 0.2) is 17.1 Å². The molecule has 2 heterocycles. The number of nitrogens with zero attached hydrogens (tertiary/aromatic N) is 5. The summed E-state index contributed by atoms with van der Waals surface area (Å²) in [5.41, 5.74) is -2.89. The maximum atomic E-state index is 13.8. The molecule has 1 aliphatic rings. The second-order valence-electron chi connectivity index (χ2n) is 13.6. The van der Waals surface area contributed by atoms with Gasteiger partial charge in [-0.25, -0.2) is 25.5 Å². The Labute approximate surface area is 312 Å². The molecule has 2 amide bonds. The first-order chi connectivity index (χ1) is 25.0. The molecule has 298 valence electrons. The van der Waals surface area contributed by atoms with Crippen LogP contribution in [0.5, 0.6) is 0 Å². The van der Waals surface area contributed by atoms with E-state index in [2.05, 4.69) is 9.83 Å². The van der Waals surface area contributed by atoms with Gasteiger partial charge in [-0.1, -0.05) is 26.7 Å². The van der Waals surface area contributed by atoms with Crippen molar-refractivity contribution in [1.29, 1.82) is 5.26 Å². The van der Waals surface area contributed by atoms with Gasteiger partial charge < -0.3 is 32.6 Å². The second kappa shape index (κ2) is 22.4. The molecule has 1 aromatic heterocycles. The summed E-state index contributed by atoms with van der Waals surface area (Å²) in [5.74, 6) is -0.355. The quantitative estimate of drug-likeness (QED) is 0.0675. The zero-order valence-corrected chi connectivity index (χ0v) is 33.6. The van der Waals surface area contributed by atoms with Gasteiger partial charge in [-0.3, -0.25) is 18.1 Å². The summed E-state index contributed by atoms with van der Waals surface area (Å²) in [6, 6.07) is 3.16. The van der Waals surface area contributed by atoms with E-state index < -0.39 is 63.9 Å². The van der Waals surface area contributed by atoms with E-state index in [9.17, 15) is 18.9 Å². The van der Waals surface area contributed by atoms with E-state index >= 15 is 0 Å². The van der Waals surface area contributed by atoms with Crippen LogP contribution < -0.4 is 10.6 Å². The molecule has 1 saturated heterocycles. The fourth-order valence-corrected chi connectivity index (χ4v) is 6.65. The van der Waals surface area contributed by atoms with Crippen LogP contribution in [0, 0.1) is 17.9 Å². The van der Waals surface area contributed by atoms with Gasteiger partial charge in [-0.15, -0.1) is 0 Å². The van der Waals surface area contributed by atoms with Crippen molar-refractivity contribution in [1.82, 2.24) is 9.55 Å². The minimum atomic E-state index is -4.25. The molecule has 1 aromatic rings. The van der Waals surface area contributed by atoms with E-state index in [-0.39, 0.29) is 51.6 Å². The van der Waals surface area contributed by atoms with Crippen LogP contribution in [0.4, 0.5) is 15.4 Å². The number of rotatable bonds is 21. The van der Waals surface area contributed by atoms with Crippen LogP contribution in [0.1, 0.15) is 100 Å². The molecule has 0 radical (unpaired) electrons. The Balaban J connectivity index is 2.46. The lowest BCUT2D eigenvalue weighted by Crippen LogP contribution is -2.45. The molecule has 53 heavy (non-hydrogen) atoms. The van der Waals surface area contributed by atoms with Crippen LogP contribution in [-0.4, -0.2) is 84.7 Å². The fraction of sp³-hybridized carbons (Fsp3) is 0.758. The Bertz CT molecular complexity index is 1470. The average Bonchev–Trinajstić information content (AvgIpc) is 3.43. The predicted molar refractivity (Wildman–Crippen MR) is 193 cm³/mol. The predicted octanol–water partition coefficient (Wildman–Crippen LogP) is 7.44. The van der Waals surface area contributed by atoms with Crippen LogP contribution in [0.25, 0.3) is 4.85 Å². The van der Waals surface area contributed by atoms with E-state index in [1.807, 2.05) is 19.9 Å². The molecular weight excluding hydrogens is 736 g/mol. The molecule has 0 aromatic carbocycles. The molecule has 0 saturated carbocycles. The van der Waals surface area contributed by atoms with Crippen LogP contribution >= 0.6 is 16.4 Å². The molecule has 0 N–H and O–H groups in total. The molecule has 1 aliphatic heterocycles. The number of aromatic nitrogens is 2. The van der Waals surface area contributed by atoms with E-state index in [1.165, 1.54) is 12.3 Å². The van der Waals surface area contributed by atoms with Crippen molar-refractivity contribution in [3.05, 3.63) is 34.2 Å². The highest BCUT2D eigenvalue weighted by Crippen LogP contribution is 2.53. The summed E-state index contributed by atoms with van der Waals surface area (Å²) < 4.78 is 66.2. The highest BCUT2D eigenvalue weighted by Gasteiger charge is 2.44. The van der Waals surface area contributed by atoms with Gasteiger partial charge in [-0.05, 0) is 60.5 Å². The summed E-state index contributed by atoms with van der Waals surface area (Å²) in [6.07, 6.45) is -1.29. The lowest BCUT2D eigenvalue weighted by atomic mass is 10.2. The number of imide groups is 1. The van der Waals surface area contributed by atoms with Crippen molar-refractivity contribution < 1.29 is 55.5 Å². The number of anilines is 1. The van der Waals surface area contributed by atoms with E-state index in [1.54, 1.807) is 41.5 Å². The Morgan fingerprint density at radius 3 is 2.21 bits per heavy atom. The van der Waals surface area contributed by atoms with Gasteiger partial charge in [-0.2, -0.15) is 15.1 Å². The van der Waals surface area contributed by atoms with Crippen molar-refractivity contribution in [2.24, 2.45) is 0 Å². The van der Waals surface area contributed by atoms with Gasteiger partial charge in [0.25, 0.3) is 0 Å². The topological polar surface area (TPSA) is 201 Å². The van der Waals surface area contributed by atoms with Crippen molar-refractivity contribution in [3.63, 3.8) is 0 Å². The number of phosphoric ester groups is 1. The maximum Gasteiger partial charge on any atom is 0.475 e. The monoisotopic (exact) mass is 789 g/mol. The number of carbonyl (C=O) groups is 2. The summed E-state index contributed by atoms with van der Waals surface area (Å²) in [7, 11) is -6.17. The lowest BCUT2D eigenvalue weighted by molar-refractivity contribution is -0.0462. The van der Waals surface area contributed by atoms with Gasteiger partial charge in [0.15, 0.2) is 5.82 Å². The summed E-state index contributed by atoms with van der Waals surface area (Å²) in [4.78, 5) is 47.6. The standard InChI is InChI=1S/C33H53N5O13P2/c1-10-12-19-43-52(44-22-17-35-9)45-24-26-25(51-53(42,46-20-13-11-2)47-21-14-16-34)23-28(48-26)37-18-15-27(36-29(37)39)38(30(40)49-32(3,4)5)31(41)50-33(6,7)8/h15,18,25-26,28H,10-14,17,19-24H2,1-8H3/t25-,26+,28+,52?,53?/m0/s1. The number of ether oxygens (including phenoxy) is 3. The average molecular weight is 790 g/mol. The summed E-state index contributed by atoms with van der Waals surface area (Å²) >= 11 is 0. The maximum absolute atomic E-state index is 13.8. The molecule has 5 atom stereocenters.